The van der Waals surface area contributed by atoms with Gasteiger partial charge in [-0.2, -0.15) is 4.31 Å². The molecular weight excluding hydrogens is 454 g/mol. The standard InChI is InChI=1S/C25H31N3O5S/c1-4-23(29)27-24-17(2)15-28(16-18(24)3)34(32,33)21-12-10-20(11-13-21)22(26-25(30)31)14-19-8-6-5-7-9-19/h4-13,17-18,22,24,26H,1,14-16H2,2-3H3,(H,27,29)(H,30,31). The summed E-state index contributed by atoms with van der Waals surface area (Å²) in [5, 5.41) is 14.7. The molecule has 3 unspecified atom stereocenters. The highest BCUT2D eigenvalue weighted by atomic mass is 32.2. The van der Waals surface area contributed by atoms with Crippen LogP contribution >= 0.6 is 0 Å². The van der Waals surface area contributed by atoms with Gasteiger partial charge < -0.3 is 15.7 Å². The van der Waals surface area contributed by atoms with Crippen LogP contribution in [0.5, 0.6) is 0 Å². The van der Waals surface area contributed by atoms with Gasteiger partial charge in [0.1, 0.15) is 0 Å². The lowest BCUT2D eigenvalue weighted by Crippen LogP contribution is -2.55. The largest absolute Gasteiger partial charge is 0.465 e. The second-order valence-corrected chi connectivity index (χ2v) is 10.7. The van der Waals surface area contributed by atoms with E-state index in [4.69, 9.17) is 0 Å². The van der Waals surface area contributed by atoms with Crippen molar-refractivity contribution in [1.29, 1.82) is 0 Å². The average molecular weight is 486 g/mol. The Labute approximate surface area is 200 Å². The zero-order chi connectivity index (χ0) is 24.9. The summed E-state index contributed by atoms with van der Waals surface area (Å²) in [4.78, 5) is 23.2. The highest BCUT2D eigenvalue weighted by Gasteiger charge is 2.38. The van der Waals surface area contributed by atoms with E-state index in [1.54, 1.807) is 12.1 Å². The summed E-state index contributed by atoms with van der Waals surface area (Å²) in [5.74, 6) is -0.413. The number of carboxylic acid groups (broad SMARTS) is 1. The van der Waals surface area contributed by atoms with Gasteiger partial charge in [-0.15, -0.1) is 0 Å². The summed E-state index contributed by atoms with van der Waals surface area (Å²) in [6.07, 6.45) is 0.513. The fourth-order valence-corrected chi connectivity index (χ4v) is 6.12. The molecule has 0 saturated carbocycles. The maximum atomic E-state index is 13.3. The molecule has 0 spiro atoms. The molecule has 1 saturated heterocycles. The summed E-state index contributed by atoms with van der Waals surface area (Å²) in [5.41, 5.74) is 1.64. The molecule has 1 fully saturated rings. The molecule has 2 aromatic carbocycles. The van der Waals surface area contributed by atoms with Crippen LogP contribution in [0, 0.1) is 11.8 Å². The number of carbonyl (C=O) groups excluding carboxylic acids is 1. The predicted octanol–water partition coefficient (Wildman–Crippen LogP) is 3.19. The number of piperidine rings is 1. The van der Waals surface area contributed by atoms with Crippen LogP contribution in [0.15, 0.2) is 72.1 Å². The highest BCUT2D eigenvalue weighted by Crippen LogP contribution is 2.28. The first-order valence-electron chi connectivity index (χ1n) is 11.2. The zero-order valence-electron chi connectivity index (χ0n) is 19.3. The number of benzene rings is 2. The zero-order valence-corrected chi connectivity index (χ0v) is 20.2. The molecule has 3 rings (SSSR count). The van der Waals surface area contributed by atoms with Gasteiger partial charge in [0, 0.05) is 19.1 Å². The fraction of sp³-hybridized carbons (Fsp3) is 0.360. The Morgan fingerprint density at radius 1 is 1.09 bits per heavy atom. The van der Waals surface area contributed by atoms with Gasteiger partial charge in [-0.3, -0.25) is 4.79 Å². The van der Waals surface area contributed by atoms with Gasteiger partial charge >= 0.3 is 6.09 Å². The van der Waals surface area contributed by atoms with Crippen LogP contribution < -0.4 is 10.6 Å². The van der Waals surface area contributed by atoms with Crippen molar-refractivity contribution in [3.8, 4) is 0 Å². The van der Waals surface area contributed by atoms with E-state index in [2.05, 4.69) is 17.2 Å². The third kappa shape index (κ3) is 6.03. The molecule has 1 heterocycles. The first-order chi connectivity index (χ1) is 16.1. The number of sulfonamides is 1. The van der Waals surface area contributed by atoms with E-state index < -0.39 is 22.2 Å². The van der Waals surface area contributed by atoms with Crippen molar-refractivity contribution in [3.05, 3.63) is 78.4 Å². The Hall–Kier alpha value is -3.17. The van der Waals surface area contributed by atoms with Crippen LogP contribution in [-0.2, 0) is 21.2 Å². The van der Waals surface area contributed by atoms with Crippen LogP contribution in [0.1, 0.15) is 31.0 Å². The van der Waals surface area contributed by atoms with Crippen LogP contribution in [-0.4, -0.2) is 49.0 Å². The minimum atomic E-state index is -3.75. The Kier molecular flexibility index (Phi) is 8.11. The van der Waals surface area contributed by atoms with Crippen molar-refractivity contribution in [2.45, 2.75) is 37.2 Å². The number of nitrogens with one attached hydrogen (secondary N) is 2. The van der Waals surface area contributed by atoms with Gasteiger partial charge in [0.2, 0.25) is 15.9 Å². The van der Waals surface area contributed by atoms with E-state index >= 15 is 0 Å². The lowest BCUT2D eigenvalue weighted by molar-refractivity contribution is -0.118. The van der Waals surface area contributed by atoms with Crippen molar-refractivity contribution in [1.82, 2.24) is 14.9 Å². The summed E-state index contributed by atoms with van der Waals surface area (Å²) in [6.45, 7) is 7.88. The van der Waals surface area contributed by atoms with Crippen molar-refractivity contribution in [2.24, 2.45) is 11.8 Å². The average Bonchev–Trinajstić information content (AvgIpc) is 2.81. The molecule has 0 aromatic heterocycles. The highest BCUT2D eigenvalue weighted by molar-refractivity contribution is 7.89. The molecule has 34 heavy (non-hydrogen) atoms. The molecule has 8 nitrogen and oxygen atoms in total. The monoisotopic (exact) mass is 485 g/mol. The molecule has 0 radical (unpaired) electrons. The molecular formula is C25H31N3O5S. The van der Waals surface area contributed by atoms with E-state index in [0.717, 1.165) is 5.56 Å². The minimum absolute atomic E-state index is 0.0725. The number of amides is 2. The third-order valence-corrected chi connectivity index (χ3v) is 8.05. The van der Waals surface area contributed by atoms with Crippen LogP contribution in [0.25, 0.3) is 0 Å². The minimum Gasteiger partial charge on any atom is -0.465 e. The quantitative estimate of drug-likeness (QED) is 0.497. The molecule has 2 amide bonds. The Morgan fingerprint density at radius 2 is 1.68 bits per heavy atom. The summed E-state index contributed by atoms with van der Waals surface area (Å²) in [6, 6.07) is 15.2. The number of rotatable bonds is 8. The van der Waals surface area contributed by atoms with Gasteiger partial charge in [-0.05, 0) is 47.6 Å². The molecule has 1 aliphatic heterocycles. The number of carbonyl (C=O) groups is 2. The predicted molar refractivity (Wildman–Crippen MR) is 130 cm³/mol. The SMILES string of the molecule is C=CC(=O)NC1C(C)CN(S(=O)(=O)c2ccc(C(Cc3ccccc3)NC(=O)O)cc2)CC1C. The van der Waals surface area contributed by atoms with Crippen molar-refractivity contribution in [2.75, 3.05) is 13.1 Å². The van der Waals surface area contributed by atoms with E-state index in [1.165, 1.54) is 22.5 Å². The number of hydrogen-bond donors (Lipinski definition) is 3. The van der Waals surface area contributed by atoms with Gasteiger partial charge in [-0.1, -0.05) is 62.9 Å². The van der Waals surface area contributed by atoms with Crippen molar-refractivity contribution < 1.29 is 23.1 Å². The number of nitrogens with zero attached hydrogens (tertiary/aromatic N) is 1. The van der Waals surface area contributed by atoms with Gasteiger partial charge in [0.05, 0.1) is 10.9 Å². The number of hydrogen-bond acceptors (Lipinski definition) is 4. The maximum absolute atomic E-state index is 13.3. The molecule has 9 heteroatoms. The van der Waals surface area contributed by atoms with E-state index in [9.17, 15) is 23.1 Å². The Bertz CT molecular complexity index is 1110. The smallest absolute Gasteiger partial charge is 0.405 e. The van der Waals surface area contributed by atoms with E-state index in [0.29, 0.717) is 12.0 Å². The molecule has 1 aliphatic rings. The summed E-state index contributed by atoms with van der Waals surface area (Å²) < 4.78 is 28.1. The van der Waals surface area contributed by atoms with Crippen molar-refractivity contribution >= 4 is 22.0 Å². The van der Waals surface area contributed by atoms with E-state index in [1.807, 2.05) is 44.2 Å². The van der Waals surface area contributed by atoms with Crippen LogP contribution in [0.2, 0.25) is 0 Å². The molecule has 0 aliphatic carbocycles. The maximum Gasteiger partial charge on any atom is 0.405 e. The fourth-order valence-electron chi connectivity index (χ4n) is 4.48. The van der Waals surface area contributed by atoms with Crippen LogP contribution in [0.4, 0.5) is 4.79 Å². The normalized spacial score (nSPS) is 21.9. The lowest BCUT2D eigenvalue weighted by atomic mass is 9.87. The summed E-state index contributed by atoms with van der Waals surface area (Å²) >= 11 is 0. The second-order valence-electron chi connectivity index (χ2n) is 8.78. The third-order valence-electron chi connectivity index (χ3n) is 6.20. The molecule has 0 bridgehead atoms. The van der Waals surface area contributed by atoms with Crippen molar-refractivity contribution in [3.63, 3.8) is 0 Å². The van der Waals surface area contributed by atoms with E-state index in [-0.39, 0.29) is 41.8 Å². The topological polar surface area (TPSA) is 116 Å². The Balaban J connectivity index is 1.77. The molecule has 3 atom stereocenters. The first-order valence-corrected chi connectivity index (χ1v) is 12.6. The molecule has 182 valence electrons. The van der Waals surface area contributed by atoms with Gasteiger partial charge in [-0.25, -0.2) is 13.2 Å². The van der Waals surface area contributed by atoms with Crippen LogP contribution in [0.3, 0.4) is 0 Å². The van der Waals surface area contributed by atoms with Gasteiger partial charge in [0.15, 0.2) is 0 Å². The lowest BCUT2D eigenvalue weighted by Gasteiger charge is -2.40. The van der Waals surface area contributed by atoms with Gasteiger partial charge in [0.25, 0.3) is 0 Å². The second kappa shape index (κ2) is 10.8. The Morgan fingerprint density at radius 3 is 2.21 bits per heavy atom. The first kappa shape index (κ1) is 25.5. The summed E-state index contributed by atoms with van der Waals surface area (Å²) in [7, 11) is -3.75. The molecule has 2 aromatic rings. The molecule has 3 N–H and O–H groups in total.